The van der Waals surface area contributed by atoms with Crippen LogP contribution in [0.15, 0.2) is 36.4 Å². The highest BCUT2D eigenvalue weighted by molar-refractivity contribution is 5.51. The first-order chi connectivity index (χ1) is 25.7. The zero-order chi connectivity index (χ0) is 37.5. The van der Waals surface area contributed by atoms with Gasteiger partial charge in [0.15, 0.2) is 34.5 Å². The Kier molecular flexibility index (Phi) is 13.0. The number of fused-ring (bicyclic) bond motifs is 3. The second-order valence-corrected chi connectivity index (χ2v) is 15.9. The zero-order valence-corrected chi connectivity index (χ0v) is 33.4. The molecule has 3 aliphatic heterocycles. The van der Waals surface area contributed by atoms with Gasteiger partial charge in [0.25, 0.3) is 0 Å². The molecule has 6 rings (SSSR count). The van der Waals surface area contributed by atoms with Gasteiger partial charge in [0, 0.05) is 18.1 Å². The molecule has 0 bridgehead atoms. The Labute approximate surface area is 317 Å². The molecule has 9 heteroatoms. The third kappa shape index (κ3) is 9.01. The van der Waals surface area contributed by atoms with Gasteiger partial charge in [-0.2, -0.15) is 0 Å². The molecule has 290 valence electrons. The second-order valence-electron chi connectivity index (χ2n) is 15.9. The summed E-state index contributed by atoms with van der Waals surface area (Å²) in [7, 11) is 10.3. The fourth-order valence-corrected chi connectivity index (χ4v) is 9.09. The summed E-state index contributed by atoms with van der Waals surface area (Å²) in [5, 5.41) is 11.6. The van der Waals surface area contributed by atoms with Crippen LogP contribution in [-0.4, -0.2) is 62.3 Å². The lowest BCUT2D eigenvalue weighted by Crippen LogP contribution is -2.33. The predicted octanol–water partition coefficient (Wildman–Crippen LogP) is 8.07. The first-order valence-electron chi connectivity index (χ1n) is 19.6. The summed E-state index contributed by atoms with van der Waals surface area (Å²) in [6, 6.07) is 14.0. The minimum Gasteiger partial charge on any atom is -0.493 e. The monoisotopic (exact) mass is 729 g/mol. The predicted molar refractivity (Wildman–Crippen MR) is 212 cm³/mol. The van der Waals surface area contributed by atoms with Crippen LogP contribution in [0, 0.1) is 11.3 Å². The molecule has 3 aromatic carbocycles. The molecule has 0 radical (unpaired) electrons. The average molecular weight is 730 g/mol. The summed E-state index contributed by atoms with van der Waals surface area (Å²) < 4.78 is 34.1. The Bertz CT molecular complexity index is 1610. The molecule has 0 saturated carbocycles. The molecule has 3 heterocycles. The van der Waals surface area contributed by atoms with Crippen molar-refractivity contribution < 1.29 is 28.4 Å². The van der Waals surface area contributed by atoms with Crippen LogP contribution in [0.5, 0.6) is 34.5 Å². The summed E-state index contributed by atoms with van der Waals surface area (Å²) >= 11 is 0. The van der Waals surface area contributed by atoms with E-state index in [4.69, 9.17) is 28.4 Å². The van der Waals surface area contributed by atoms with E-state index in [9.17, 15) is 0 Å². The highest BCUT2D eigenvalue weighted by atomic mass is 16.5. The Morgan fingerprint density at radius 1 is 0.509 bits per heavy atom. The smallest absolute Gasteiger partial charge is 0.161 e. The van der Waals surface area contributed by atoms with E-state index in [-0.39, 0.29) is 11.5 Å². The number of rotatable bonds is 17. The Hall–Kier alpha value is -3.66. The number of methoxy groups -OCH3 is 6. The quantitative estimate of drug-likeness (QED) is 0.128. The lowest BCUT2D eigenvalue weighted by atomic mass is 9.75. The maximum absolute atomic E-state index is 5.73. The normalized spacial score (nSPS) is 20.0. The van der Waals surface area contributed by atoms with Crippen LogP contribution in [-0.2, 0) is 19.3 Å². The van der Waals surface area contributed by atoms with Crippen LogP contribution in [0.4, 0.5) is 0 Å². The Balaban J connectivity index is 1.19. The minimum atomic E-state index is 0.150. The van der Waals surface area contributed by atoms with Crippen molar-refractivity contribution in [2.24, 2.45) is 11.3 Å². The lowest BCUT2D eigenvalue weighted by molar-refractivity contribution is 0.221. The average Bonchev–Trinajstić information content (AvgIpc) is 3.18. The van der Waals surface area contributed by atoms with Crippen molar-refractivity contribution >= 4 is 0 Å². The van der Waals surface area contributed by atoms with E-state index in [1.54, 1.807) is 42.7 Å². The van der Waals surface area contributed by atoms with E-state index in [2.05, 4.69) is 66.2 Å². The van der Waals surface area contributed by atoms with Crippen molar-refractivity contribution in [2.75, 3.05) is 62.3 Å². The number of benzene rings is 3. The molecule has 53 heavy (non-hydrogen) atoms. The van der Waals surface area contributed by atoms with Gasteiger partial charge in [-0.25, -0.2) is 0 Å². The molecule has 3 atom stereocenters. The highest BCUT2D eigenvalue weighted by Gasteiger charge is 2.31. The Morgan fingerprint density at radius 3 is 1.23 bits per heavy atom. The molecule has 9 nitrogen and oxygen atoms in total. The largest absolute Gasteiger partial charge is 0.493 e. The van der Waals surface area contributed by atoms with Crippen LogP contribution in [0.25, 0.3) is 0 Å². The molecule has 3 aromatic rings. The van der Waals surface area contributed by atoms with Gasteiger partial charge in [-0.1, -0.05) is 13.8 Å². The molecule has 0 fully saturated rings. The highest BCUT2D eigenvalue weighted by Crippen LogP contribution is 2.44. The van der Waals surface area contributed by atoms with E-state index < -0.39 is 0 Å². The topological polar surface area (TPSA) is 91.5 Å². The van der Waals surface area contributed by atoms with Gasteiger partial charge in [0.2, 0.25) is 0 Å². The van der Waals surface area contributed by atoms with Gasteiger partial charge in [0.1, 0.15) is 0 Å². The van der Waals surface area contributed by atoms with Crippen LogP contribution >= 0.6 is 0 Å². The molecule has 0 aliphatic carbocycles. The molecule has 0 aromatic heterocycles. The van der Waals surface area contributed by atoms with Crippen LogP contribution in [0.1, 0.15) is 110 Å². The molecule has 3 aliphatic rings. The first-order valence-corrected chi connectivity index (χ1v) is 19.6. The molecule has 0 spiro atoms. The van der Waals surface area contributed by atoms with Crippen LogP contribution in [0.3, 0.4) is 0 Å². The van der Waals surface area contributed by atoms with Gasteiger partial charge < -0.3 is 44.4 Å². The maximum atomic E-state index is 5.73. The Morgan fingerprint density at radius 2 is 0.849 bits per heavy atom. The number of hydrogen-bond donors (Lipinski definition) is 3. The number of nitrogens with one attached hydrogen (secondary N) is 3. The van der Waals surface area contributed by atoms with Crippen LogP contribution < -0.4 is 44.4 Å². The summed E-state index contributed by atoms with van der Waals surface area (Å²) in [6.07, 6.45) is 10.9. The summed E-state index contributed by atoms with van der Waals surface area (Å²) in [5.74, 6) is 5.45. The second kappa shape index (κ2) is 17.7. The van der Waals surface area contributed by atoms with E-state index in [1.807, 2.05) is 0 Å². The van der Waals surface area contributed by atoms with E-state index in [0.29, 0.717) is 18.0 Å². The fraction of sp³-hybridized carbons (Fsp3) is 0.591. The van der Waals surface area contributed by atoms with Gasteiger partial charge in [-0.15, -0.1) is 0 Å². The third-order valence-electron chi connectivity index (χ3n) is 12.1. The van der Waals surface area contributed by atoms with Crippen molar-refractivity contribution in [3.8, 4) is 34.5 Å². The molecule has 0 saturated heterocycles. The third-order valence-corrected chi connectivity index (χ3v) is 12.1. The van der Waals surface area contributed by atoms with Gasteiger partial charge in [-0.3, -0.25) is 0 Å². The molecular weight excluding hydrogens is 666 g/mol. The maximum Gasteiger partial charge on any atom is 0.161 e. The van der Waals surface area contributed by atoms with Crippen molar-refractivity contribution in [3.63, 3.8) is 0 Å². The standard InChI is InChI=1S/C44H63N3O6/c1-44(2,27-37-34-26-43(53-8)40(50-5)23-31(34)16-20-47-37)17-13-28(9-11-35-32-24-41(51-6)38(48-3)21-29(32)14-18-45-35)10-12-36-33-25-42(52-7)39(49-4)22-30(33)15-19-46-36/h21-26,28,35-37,45-47H,9-20,27H2,1-8H3. The van der Waals surface area contributed by atoms with Gasteiger partial charge >= 0.3 is 0 Å². The van der Waals surface area contributed by atoms with Crippen molar-refractivity contribution in [1.29, 1.82) is 0 Å². The molecule has 0 amide bonds. The first kappa shape index (κ1) is 39.0. The SMILES string of the molecule is COc1cc2c(cc1OC)C(CCC(CCC1NCCc3cc(OC)c(OC)cc31)CCC(C)(C)CC1NCCc3cc(OC)c(OC)cc31)NCC2. The lowest BCUT2D eigenvalue weighted by Gasteiger charge is -2.36. The van der Waals surface area contributed by atoms with E-state index >= 15 is 0 Å². The van der Waals surface area contributed by atoms with Crippen molar-refractivity contribution in [1.82, 2.24) is 16.0 Å². The van der Waals surface area contributed by atoms with Gasteiger partial charge in [0.05, 0.1) is 42.7 Å². The number of hydrogen-bond acceptors (Lipinski definition) is 9. The minimum absolute atomic E-state index is 0.150. The summed E-state index contributed by atoms with van der Waals surface area (Å²) in [5.41, 5.74) is 8.30. The van der Waals surface area contributed by atoms with Gasteiger partial charge in [-0.05, 0) is 165 Å². The van der Waals surface area contributed by atoms with Crippen molar-refractivity contribution in [3.05, 3.63) is 69.8 Å². The molecule has 3 unspecified atom stereocenters. The summed E-state index contributed by atoms with van der Waals surface area (Å²) in [6.45, 7) is 7.84. The number of ether oxygens (including phenoxy) is 6. The zero-order valence-electron chi connectivity index (χ0n) is 33.4. The fourth-order valence-electron chi connectivity index (χ4n) is 9.09. The van der Waals surface area contributed by atoms with Crippen molar-refractivity contribution in [2.45, 2.75) is 96.2 Å². The van der Waals surface area contributed by atoms with E-state index in [1.165, 1.54) is 39.8 Å². The summed E-state index contributed by atoms with van der Waals surface area (Å²) in [4.78, 5) is 0. The molecular formula is C44H63N3O6. The molecule has 3 N–H and O–H groups in total. The van der Waals surface area contributed by atoms with E-state index in [0.717, 1.165) is 112 Å². The van der Waals surface area contributed by atoms with Crippen LogP contribution in [0.2, 0.25) is 0 Å².